The van der Waals surface area contributed by atoms with Crippen molar-refractivity contribution in [3.05, 3.63) is 11.7 Å². The van der Waals surface area contributed by atoms with Crippen LogP contribution in [0, 0.1) is 5.41 Å². The molecule has 0 aliphatic carbocycles. The molecule has 1 saturated heterocycles. The molecule has 1 unspecified atom stereocenters. The molecule has 1 aliphatic rings. The van der Waals surface area contributed by atoms with Gasteiger partial charge in [0, 0.05) is 16.6 Å². The summed E-state index contributed by atoms with van der Waals surface area (Å²) in [6.07, 6.45) is 0. The molecule has 0 N–H and O–H groups in total. The van der Waals surface area contributed by atoms with Crippen molar-refractivity contribution in [2.75, 3.05) is 11.6 Å². The van der Waals surface area contributed by atoms with Gasteiger partial charge in [0.25, 0.3) is 0 Å². The fraction of sp³-hybridized carbons (Fsp3) is 0.786. The maximum atomic E-state index is 12.5. The van der Waals surface area contributed by atoms with Gasteiger partial charge in [-0.1, -0.05) is 46.7 Å². The summed E-state index contributed by atoms with van der Waals surface area (Å²) in [7, 11) is 0. The molecule has 0 saturated carbocycles. The second kappa shape index (κ2) is 5.06. The Labute approximate surface area is 124 Å². The average molecular weight is 297 g/mol. The lowest BCUT2D eigenvalue weighted by Crippen LogP contribution is -2.39. The molecule has 0 aromatic carbocycles. The molecule has 2 heterocycles. The number of rotatable bonds is 1. The molecule has 6 heteroatoms. The number of aromatic nitrogens is 2. The highest BCUT2D eigenvalue weighted by Crippen LogP contribution is 2.36. The number of carbonyl (C=O) groups excluding carboxylic acids is 1. The number of carbonyl (C=O) groups is 1. The van der Waals surface area contributed by atoms with Crippen LogP contribution in [0.1, 0.15) is 59.3 Å². The SMILES string of the molecule is CC(C)(C)C(=O)N1CSCC1c1nc(C(C)(C)C)no1. The first-order valence-electron chi connectivity index (χ1n) is 6.83. The Morgan fingerprint density at radius 2 is 1.95 bits per heavy atom. The van der Waals surface area contributed by atoms with Crippen molar-refractivity contribution in [3.63, 3.8) is 0 Å². The minimum absolute atomic E-state index is 0.102. The molecule has 0 radical (unpaired) electrons. The van der Waals surface area contributed by atoms with Crippen LogP contribution >= 0.6 is 11.8 Å². The van der Waals surface area contributed by atoms with Crippen molar-refractivity contribution < 1.29 is 9.32 Å². The van der Waals surface area contributed by atoms with E-state index < -0.39 is 5.41 Å². The summed E-state index contributed by atoms with van der Waals surface area (Å²) in [4.78, 5) is 18.8. The number of amides is 1. The molecule has 1 amide bonds. The molecule has 20 heavy (non-hydrogen) atoms. The Hall–Kier alpha value is -1.04. The van der Waals surface area contributed by atoms with Crippen molar-refractivity contribution >= 4 is 17.7 Å². The first kappa shape index (κ1) is 15.4. The van der Waals surface area contributed by atoms with Gasteiger partial charge in [-0.3, -0.25) is 4.79 Å². The lowest BCUT2D eigenvalue weighted by molar-refractivity contribution is -0.140. The molecular formula is C14H23N3O2S. The summed E-state index contributed by atoms with van der Waals surface area (Å²) >= 11 is 1.72. The van der Waals surface area contributed by atoms with Crippen LogP contribution in [-0.4, -0.2) is 32.6 Å². The lowest BCUT2D eigenvalue weighted by Gasteiger charge is -2.28. The maximum Gasteiger partial charge on any atom is 0.250 e. The van der Waals surface area contributed by atoms with E-state index in [9.17, 15) is 4.79 Å². The minimum atomic E-state index is -0.393. The van der Waals surface area contributed by atoms with Crippen LogP contribution in [0.2, 0.25) is 0 Å². The van der Waals surface area contributed by atoms with Gasteiger partial charge in [-0.25, -0.2) is 0 Å². The Morgan fingerprint density at radius 1 is 1.30 bits per heavy atom. The molecule has 0 spiro atoms. The van der Waals surface area contributed by atoms with Crippen LogP contribution < -0.4 is 0 Å². The van der Waals surface area contributed by atoms with Crippen LogP contribution in [-0.2, 0) is 10.2 Å². The van der Waals surface area contributed by atoms with E-state index in [2.05, 4.69) is 10.1 Å². The number of thioether (sulfide) groups is 1. The van der Waals surface area contributed by atoms with Gasteiger partial charge in [0.1, 0.15) is 6.04 Å². The summed E-state index contributed by atoms with van der Waals surface area (Å²) in [5, 5.41) is 4.05. The van der Waals surface area contributed by atoms with E-state index in [1.807, 2.05) is 46.4 Å². The topological polar surface area (TPSA) is 59.2 Å². The zero-order valence-electron chi connectivity index (χ0n) is 13.1. The van der Waals surface area contributed by atoms with Gasteiger partial charge in [-0.15, -0.1) is 11.8 Å². The molecule has 1 aromatic heterocycles. The molecular weight excluding hydrogens is 274 g/mol. The van der Waals surface area contributed by atoms with Crippen molar-refractivity contribution in [2.45, 2.75) is 53.0 Å². The van der Waals surface area contributed by atoms with Crippen LogP contribution in [0.4, 0.5) is 0 Å². The Bertz CT molecular complexity index is 499. The van der Waals surface area contributed by atoms with Gasteiger partial charge in [0.2, 0.25) is 11.8 Å². The van der Waals surface area contributed by atoms with Gasteiger partial charge < -0.3 is 9.42 Å². The smallest absolute Gasteiger partial charge is 0.250 e. The third kappa shape index (κ3) is 3.00. The Morgan fingerprint density at radius 3 is 2.45 bits per heavy atom. The predicted molar refractivity (Wildman–Crippen MR) is 79.4 cm³/mol. The largest absolute Gasteiger partial charge is 0.337 e. The second-order valence-electron chi connectivity index (χ2n) is 7.25. The zero-order valence-corrected chi connectivity index (χ0v) is 13.9. The molecule has 1 aliphatic heterocycles. The van der Waals surface area contributed by atoms with E-state index in [0.717, 1.165) is 5.75 Å². The van der Waals surface area contributed by atoms with Crippen molar-refractivity contribution in [1.82, 2.24) is 15.0 Å². The highest BCUT2D eigenvalue weighted by Gasteiger charge is 2.39. The second-order valence-corrected chi connectivity index (χ2v) is 8.25. The molecule has 5 nitrogen and oxygen atoms in total. The van der Waals surface area contributed by atoms with Gasteiger partial charge in [0.05, 0.1) is 5.88 Å². The van der Waals surface area contributed by atoms with E-state index in [4.69, 9.17) is 4.52 Å². The Kier molecular flexibility index (Phi) is 3.88. The Balaban J connectivity index is 2.24. The maximum absolute atomic E-state index is 12.5. The van der Waals surface area contributed by atoms with Gasteiger partial charge in [-0.2, -0.15) is 4.98 Å². The lowest BCUT2D eigenvalue weighted by atomic mass is 9.94. The summed E-state index contributed by atoms with van der Waals surface area (Å²) < 4.78 is 5.40. The third-order valence-corrected chi connectivity index (χ3v) is 4.19. The number of nitrogens with zero attached hydrogens (tertiary/aromatic N) is 3. The minimum Gasteiger partial charge on any atom is -0.337 e. The first-order chi connectivity index (χ1) is 9.10. The summed E-state index contributed by atoms with van der Waals surface area (Å²) in [5.74, 6) is 2.87. The van der Waals surface area contributed by atoms with Crippen molar-refractivity contribution in [2.24, 2.45) is 5.41 Å². The number of hydrogen-bond donors (Lipinski definition) is 0. The fourth-order valence-corrected chi connectivity index (χ4v) is 3.10. The van der Waals surface area contributed by atoms with Crippen LogP contribution in [0.25, 0.3) is 0 Å². The molecule has 1 fully saturated rings. The zero-order chi connectivity index (χ0) is 15.1. The van der Waals surface area contributed by atoms with E-state index in [-0.39, 0.29) is 17.4 Å². The summed E-state index contributed by atoms with van der Waals surface area (Å²) in [6.45, 7) is 11.9. The van der Waals surface area contributed by atoms with Crippen LogP contribution in [0.5, 0.6) is 0 Å². The third-order valence-electron chi connectivity index (χ3n) is 3.18. The van der Waals surface area contributed by atoms with E-state index >= 15 is 0 Å². The monoisotopic (exact) mass is 297 g/mol. The molecule has 1 aromatic rings. The van der Waals surface area contributed by atoms with Crippen LogP contribution in [0.15, 0.2) is 4.52 Å². The van der Waals surface area contributed by atoms with Gasteiger partial charge >= 0.3 is 0 Å². The van der Waals surface area contributed by atoms with Gasteiger partial charge in [-0.05, 0) is 0 Å². The van der Waals surface area contributed by atoms with Crippen LogP contribution in [0.3, 0.4) is 0 Å². The number of hydrogen-bond acceptors (Lipinski definition) is 5. The molecule has 2 rings (SSSR count). The normalized spacial score (nSPS) is 20.5. The highest BCUT2D eigenvalue weighted by molar-refractivity contribution is 7.99. The van der Waals surface area contributed by atoms with Crippen molar-refractivity contribution in [3.8, 4) is 0 Å². The van der Waals surface area contributed by atoms with Crippen molar-refractivity contribution in [1.29, 1.82) is 0 Å². The summed E-state index contributed by atoms with van der Waals surface area (Å²) in [5.41, 5.74) is -0.539. The molecule has 112 valence electrons. The summed E-state index contributed by atoms with van der Waals surface area (Å²) in [6, 6.07) is -0.102. The molecule has 1 atom stereocenters. The molecule has 0 bridgehead atoms. The van der Waals surface area contributed by atoms with E-state index in [0.29, 0.717) is 17.6 Å². The van der Waals surface area contributed by atoms with Gasteiger partial charge in [0.15, 0.2) is 5.82 Å². The average Bonchev–Trinajstić information content (AvgIpc) is 2.94. The van der Waals surface area contributed by atoms with E-state index in [1.165, 1.54) is 0 Å². The predicted octanol–water partition coefficient (Wildman–Crippen LogP) is 2.99. The first-order valence-corrected chi connectivity index (χ1v) is 7.99. The highest BCUT2D eigenvalue weighted by atomic mass is 32.2. The quantitative estimate of drug-likeness (QED) is 0.797. The standard InChI is InChI=1S/C14H23N3O2S/c1-13(2,3)11-15-10(19-16-11)9-7-20-8-17(9)12(18)14(4,5)6/h9H,7-8H2,1-6H3. The fourth-order valence-electron chi connectivity index (χ4n) is 1.95. The van der Waals surface area contributed by atoms with E-state index in [1.54, 1.807) is 11.8 Å².